The number of hydrogen-bond donors (Lipinski definition) is 0. The third-order valence-corrected chi connectivity index (χ3v) is 5.14. The summed E-state index contributed by atoms with van der Waals surface area (Å²) in [5.41, 5.74) is 2.41. The number of carbonyl (C=O) groups is 1. The average molecular weight is 316 g/mol. The Morgan fingerprint density at radius 3 is 2.81 bits per heavy atom. The number of allylic oxidation sites excluding steroid dienone is 2. The average Bonchev–Trinajstić information content (AvgIpc) is 2.95. The number of benzene rings is 1. The van der Waals surface area contributed by atoms with Gasteiger partial charge in [-0.05, 0) is 11.6 Å². The molecular weight excluding hydrogens is 300 g/mol. The van der Waals surface area contributed by atoms with Gasteiger partial charge in [0.1, 0.15) is 0 Å². The number of thioether (sulfide) groups is 2. The molecule has 0 bridgehead atoms. The third-order valence-electron chi connectivity index (χ3n) is 3.21. The van der Waals surface area contributed by atoms with E-state index < -0.39 is 0 Å². The fourth-order valence-electron chi connectivity index (χ4n) is 2.18. The van der Waals surface area contributed by atoms with E-state index in [4.69, 9.17) is 0 Å². The lowest BCUT2D eigenvalue weighted by Crippen LogP contribution is -2.34. The second-order valence-corrected chi connectivity index (χ2v) is 6.76. The first-order valence-electron chi connectivity index (χ1n) is 6.85. The van der Waals surface area contributed by atoms with Gasteiger partial charge in [-0.2, -0.15) is 16.8 Å². The molecule has 0 aromatic heterocycles. The molecule has 2 aliphatic rings. The molecule has 1 aromatic carbocycles. The van der Waals surface area contributed by atoms with Crippen LogP contribution in [0.3, 0.4) is 0 Å². The molecule has 0 N–H and O–H groups in total. The molecule has 1 saturated heterocycles. The molecule has 0 radical (unpaired) electrons. The van der Waals surface area contributed by atoms with Crippen LogP contribution in [0.5, 0.6) is 0 Å². The Kier molecular flexibility index (Phi) is 4.83. The maximum absolute atomic E-state index is 11.3. The minimum atomic E-state index is -0.0209. The molecule has 0 atom stereocenters. The monoisotopic (exact) mass is 316 g/mol. The van der Waals surface area contributed by atoms with E-state index in [2.05, 4.69) is 40.3 Å². The molecule has 5 heteroatoms. The molecule has 3 nitrogen and oxygen atoms in total. The molecule has 0 spiro atoms. The molecule has 1 fully saturated rings. The van der Waals surface area contributed by atoms with Gasteiger partial charge in [-0.15, -0.1) is 0 Å². The van der Waals surface area contributed by atoms with Crippen LogP contribution in [0.4, 0.5) is 0 Å². The van der Waals surface area contributed by atoms with E-state index in [9.17, 15) is 4.79 Å². The van der Waals surface area contributed by atoms with Gasteiger partial charge in [-0.3, -0.25) is 4.79 Å². The summed E-state index contributed by atoms with van der Waals surface area (Å²) >= 11 is 3.46. The van der Waals surface area contributed by atoms with Gasteiger partial charge in [-0.1, -0.05) is 54.2 Å². The van der Waals surface area contributed by atoms with Crippen molar-refractivity contribution in [1.82, 2.24) is 4.90 Å². The van der Waals surface area contributed by atoms with Gasteiger partial charge < -0.3 is 4.90 Å². The highest BCUT2D eigenvalue weighted by Gasteiger charge is 2.25. The summed E-state index contributed by atoms with van der Waals surface area (Å²) in [6, 6.07) is 10.2. The van der Waals surface area contributed by atoms with Crippen molar-refractivity contribution in [2.75, 3.05) is 23.8 Å². The summed E-state index contributed by atoms with van der Waals surface area (Å²) in [6.07, 6.45) is 6.30. The lowest BCUT2D eigenvalue weighted by Gasteiger charge is -2.30. The van der Waals surface area contributed by atoms with Crippen LogP contribution in [0.25, 0.3) is 6.08 Å². The fourth-order valence-corrected chi connectivity index (χ4v) is 3.95. The van der Waals surface area contributed by atoms with Crippen molar-refractivity contribution < 1.29 is 4.79 Å². The quantitative estimate of drug-likeness (QED) is 0.838. The van der Waals surface area contributed by atoms with Crippen LogP contribution < -0.4 is 0 Å². The summed E-state index contributed by atoms with van der Waals surface area (Å²) in [7, 11) is 0. The van der Waals surface area contributed by atoms with Crippen LogP contribution >= 0.6 is 23.5 Å². The van der Waals surface area contributed by atoms with E-state index in [0.29, 0.717) is 5.75 Å². The highest BCUT2D eigenvalue weighted by molar-refractivity contribution is 8.14. The molecule has 2 heterocycles. The normalized spacial score (nSPS) is 21.3. The van der Waals surface area contributed by atoms with Crippen LogP contribution in [0, 0.1) is 0 Å². The van der Waals surface area contributed by atoms with Gasteiger partial charge in [0.15, 0.2) is 5.17 Å². The predicted octanol–water partition coefficient (Wildman–Crippen LogP) is 3.26. The Morgan fingerprint density at radius 2 is 2.05 bits per heavy atom. The van der Waals surface area contributed by atoms with Crippen molar-refractivity contribution in [3.05, 3.63) is 53.7 Å². The largest absolute Gasteiger partial charge is 0.323 e. The zero-order valence-electron chi connectivity index (χ0n) is 11.6. The van der Waals surface area contributed by atoms with Crippen LogP contribution in [-0.4, -0.2) is 39.8 Å². The number of aliphatic imine (C=N–C) groups is 1. The third kappa shape index (κ3) is 3.80. The van der Waals surface area contributed by atoms with Gasteiger partial charge in [-0.25, -0.2) is 0 Å². The first-order valence-corrected chi connectivity index (χ1v) is 8.99. The van der Waals surface area contributed by atoms with Gasteiger partial charge in [0.2, 0.25) is 0 Å². The molecule has 0 aliphatic carbocycles. The van der Waals surface area contributed by atoms with Crippen molar-refractivity contribution in [2.24, 2.45) is 4.99 Å². The van der Waals surface area contributed by atoms with Gasteiger partial charge in [0.25, 0.3) is 5.91 Å². The number of amidine groups is 1. The lowest BCUT2D eigenvalue weighted by atomic mass is 10.2. The van der Waals surface area contributed by atoms with E-state index in [1.165, 1.54) is 11.3 Å². The van der Waals surface area contributed by atoms with Crippen molar-refractivity contribution in [3.63, 3.8) is 0 Å². The summed E-state index contributed by atoms with van der Waals surface area (Å²) < 4.78 is 0. The number of amides is 1. The molecular formula is C16H16N2OS2. The maximum Gasteiger partial charge on any atom is 0.258 e. The molecule has 3 rings (SSSR count). The molecule has 108 valence electrons. The number of nitrogens with zero attached hydrogens (tertiary/aromatic N) is 2. The Morgan fingerprint density at radius 1 is 1.19 bits per heavy atom. The number of hydrogen-bond acceptors (Lipinski definition) is 4. The number of rotatable bonds is 2. The predicted molar refractivity (Wildman–Crippen MR) is 92.5 cm³/mol. The van der Waals surface area contributed by atoms with Crippen LogP contribution in [0.15, 0.2) is 53.2 Å². The van der Waals surface area contributed by atoms with Crippen molar-refractivity contribution in [1.29, 1.82) is 0 Å². The van der Waals surface area contributed by atoms with Crippen LogP contribution in [0.1, 0.15) is 5.56 Å². The highest BCUT2D eigenvalue weighted by Crippen LogP contribution is 2.26. The molecule has 1 aromatic rings. The summed E-state index contributed by atoms with van der Waals surface area (Å²) in [5.74, 6) is 2.50. The smallest absolute Gasteiger partial charge is 0.258 e. The molecule has 2 aliphatic heterocycles. The number of carbonyl (C=O) groups excluding carboxylic acids is 1. The Labute approximate surface area is 133 Å². The maximum atomic E-state index is 11.3. The second kappa shape index (κ2) is 7.00. The van der Waals surface area contributed by atoms with Gasteiger partial charge in [0, 0.05) is 23.7 Å². The Balaban J connectivity index is 1.75. The molecule has 21 heavy (non-hydrogen) atoms. The first kappa shape index (κ1) is 14.5. The van der Waals surface area contributed by atoms with Crippen molar-refractivity contribution in [2.45, 2.75) is 0 Å². The van der Waals surface area contributed by atoms with E-state index >= 15 is 0 Å². The zero-order valence-corrected chi connectivity index (χ0v) is 13.2. The minimum absolute atomic E-state index is 0.0209. The van der Waals surface area contributed by atoms with E-state index in [1.807, 2.05) is 30.0 Å². The summed E-state index contributed by atoms with van der Waals surface area (Å²) in [6.45, 7) is 0.925. The molecule has 0 unspecified atom stereocenters. The van der Waals surface area contributed by atoms with Crippen LogP contribution in [-0.2, 0) is 4.79 Å². The van der Waals surface area contributed by atoms with E-state index in [0.717, 1.165) is 23.2 Å². The second-order valence-electron chi connectivity index (χ2n) is 4.71. The van der Waals surface area contributed by atoms with E-state index in [1.54, 1.807) is 11.8 Å². The summed E-state index contributed by atoms with van der Waals surface area (Å²) in [4.78, 5) is 17.6. The first-order chi connectivity index (χ1) is 10.3. The lowest BCUT2D eigenvalue weighted by molar-refractivity contribution is -0.115. The van der Waals surface area contributed by atoms with E-state index in [-0.39, 0.29) is 5.91 Å². The fraction of sp³-hybridized carbons (Fsp3) is 0.250. The van der Waals surface area contributed by atoms with Crippen LogP contribution in [0.2, 0.25) is 0 Å². The minimum Gasteiger partial charge on any atom is -0.323 e. The topological polar surface area (TPSA) is 32.7 Å². The molecule has 1 amide bonds. The van der Waals surface area contributed by atoms with Crippen molar-refractivity contribution in [3.8, 4) is 0 Å². The Hall–Kier alpha value is -1.46. The highest BCUT2D eigenvalue weighted by atomic mass is 32.2. The standard InChI is InChI=1S/C16H16N2OS2/c19-15-12-21-16(17-15)18-9-10-20-11-14(18)8-4-7-13-5-2-1-3-6-13/h1-8H,9-12H2/b7-4+,14-8+. The zero-order chi connectivity index (χ0) is 14.5. The van der Waals surface area contributed by atoms with Gasteiger partial charge >= 0.3 is 0 Å². The summed E-state index contributed by atoms with van der Waals surface area (Å²) in [5, 5.41) is 0.861. The Bertz CT molecular complexity index is 608. The SMILES string of the molecule is O=C1CSC(N2CCSC/C2=C\C=C\c2ccccc2)=N1. The van der Waals surface area contributed by atoms with Crippen molar-refractivity contribution >= 4 is 40.7 Å². The molecule has 0 saturated carbocycles. The van der Waals surface area contributed by atoms with Gasteiger partial charge in [0.05, 0.1) is 5.75 Å².